The van der Waals surface area contributed by atoms with Crippen LogP contribution in [0.4, 0.5) is 28.4 Å². The second-order valence-corrected chi connectivity index (χ2v) is 17.0. The van der Waals surface area contributed by atoms with Crippen LogP contribution in [0.3, 0.4) is 0 Å². The quantitative estimate of drug-likeness (QED) is 0.113. The van der Waals surface area contributed by atoms with E-state index in [-0.39, 0.29) is 0 Å². The number of allylic oxidation sites excluding steroid dienone is 4. The Balaban J connectivity index is 0.926. The van der Waals surface area contributed by atoms with Crippen molar-refractivity contribution in [3.8, 4) is 44.5 Å². The molecule has 2 aliphatic rings. The molecule has 9 aromatic carbocycles. The van der Waals surface area contributed by atoms with E-state index in [4.69, 9.17) is 0 Å². The molecule has 0 aliphatic heterocycles. The Morgan fingerprint density at radius 1 is 0.400 bits per heavy atom. The average molecular weight is 833 g/mol. The van der Waals surface area contributed by atoms with E-state index < -0.39 is 0 Å². The monoisotopic (exact) mass is 832 g/mol. The molecule has 11 rings (SSSR count). The highest BCUT2D eigenvalue weighted by atomic mass is 15.1. The van der Waals surface area contributed by atoms with E-state index in [1.54, 1.807) is 0 Å². The molecule has 0 amide bonds. The van der Waals surface area contributed by atoms with Gasteiger partial charge in [0.25, 0.3) is 0 Å². The van der Waals surface area contributed by atoms with Crippen molar-refractivity contribution in [2.75, 3.05) is 9.80 Å². The van der Waals surface area contributed by atoms with Gasteiger partial charge in [0.2, 0.25) is 0 Å². The number of rotatable bonds is 12. The van der Waals surface area contributed by atoms with Gasteiger partial charge >= 0.3 is 0 Å². The molecule has 0 saturated carbocycles. The molecular formula is C63H48N2. The van der Waals surface area contributed by atoms with Gasteiger partial charge < -0.3 is 9.80 Å². The molecule has 310 valence electrons. The summed E-state index contributed by atoms with van der Waals surface area (Å²) in [5.41, 5.74) is 23.5. The van der Waals surface area contributed by atoms with E-state index >= 15 is 0 Å². The zero-order valence-corrected chi connectivity index (χ0v) is 36.3. The lowest BCUT2D eigenvalue weighted by Crippen LogP contribution is -2.15. The van der Waals surface area contributed by atoms with Gasteiger partial charge in [0.15, 0.2) is 0 Å². The van der Waals surface area contributed by atoms with Crippen LogP contribution in [0.5, 0.6) is 0 Å². The summed E-state index contributed by atoms with van der Waals surface area (Å²) >= 11 is 0. The van der Waals surface area contributed by atoms with Gasteiger partial charge in [0.05, 0.1) is 0 Å². The highest BCUT2D eigenvalue weighted by molar-refractivity contribution is 5.86. The number of anilines is 5. The fourth-order valence-corrected chi connectivity index (χ4v) is 9.77. The van der Waals surface area contributed by atoms with E-state index in [1.807, 2.05) is 6.08 Å². The van der Waals surface area contributed by atoms with Gasteiger partial charge in [-0.05, 0) is 170 Å². The molecule has 0 aromatic heterocycles. The molecule has 0 spiro atoms. The van der Waals surface area contributed by atoms with Crippen molar-refractivity contribution < 1.29 is 0 Å². The number of fused-ring (bicyclic) bond motifs is 6. The van der Waals surface area contributed by atoms with E-state index in [9.17, 15) is 0 Å². The summed E-state index contributed by atoms with van der Waals surface area (Å²) in [7, 11) is 0. The first kappa shape index (κ1) is 39.6. The zero-order valence-electron chi connectivity index (χ0n) is 36.3. The van der Waals surface area contributed by atoms with E-state index in [0.717, 1.165) is 53.4 Å². The molecule has 65 heavy (non-hydrogen) atoms. The Kier molecular flexibility index (Phi) is 10.7. The number of benzene rings is 9. The van der Waals surface area contributed by atoms with Crippen molar-refractivity contribution in [3.63, 3.8) is 0 Å². The van der Waals surface area contributed by atoms with Crippen LogP contribution in [-0.2, 0) is 19.3 Å². The number of para-hydroxylation sites is 2. The van der Waals surface area contributed by atoms with Gasteiger partial charge in [0, 0.05) is 34.1 Å². The molecule has 0 heterocycles. The Morgan fingerprint density at radius 2 is 0.877 bits per heavy atom. The second kappa shape index (κ2) is 17.5. The first-order valence-corrected chi connectivity index (χ1v) is 22.6. The highest BCUT2D eigenvalue weighted by Crippen LogP contribution is 2.44. The van der Waals surface area contributed by atoms with Crippen LogP contribution in [0.2, 0.25) is 0 Å². The fourth-order valence-electron chi connectivity index (χ4n) is 9.77. The smallest absolute Gasteiger partial charge is 0.0467 e. The topological polar surface area (TPSA) is 6.48 Å². The van der Waals surface area contributed by atoms with Crippen molar-refractivity contribution >= 4 is 28.4 Å². The van der Waals surface area contributed by atoms with Crippen molar-refractivity contribution in [1.82, 2.24) is 0 Å². The minimum atomic E-state index is 0.754. The number of hydrogen-bond donors (Lipinski definition) is 0. The lowest BCUT2D eigenvalue weighted by atomic mass is 9.94. The zero-order chi connectivity index (χ0) is 43.5. The van der Waals surface area contributed by atoms with Crippen LogP contribution in [0, 0.1) is 0 Å². The fraction of sp³-hybridized carbons (Fsp3) is 0.0476. The average Bonchev–Trinajstić information content (AvgIpc) is 3.93. The molecule has 0 atom stereocenters. The van der Waals surface area contributed by atoms with Crippen LogP contribution in [0.25, 0.3) is 44.5 Å². The predicted molar refractivity (Wildman–Crippen MR) is 275 cm³/mol. The third kappa shape index (κ3) is 7.92. The van der Waals surface area contributed by atoms with Crippen LogP contribution in [0.1, 0.15) is 27.8 Å². The lowest BCUT2D eigenvalue weighted by molar-refractivity contribution is 1.18. The molecular weight excluding hydrogens is 785 g/mol. The Labute approximate surface area is 383 Å². The molecule has 0 radical (unpaired) electrons. The van der Waals surface area contributed by atoms with Crippen LogP contribution < -0.4 is 9.80 Å². The van der Waals surface area contributed by atoms with Gasteiger partial charge in [-0.15, -0.1) is 0 Å². The maximum absolute atomic E-state index is 4.15. The highest BCUT2D eigenvalue weighted by Gasteiger charge is 2.23. The summed E-state index contributed by atoms with van der Waals surface area (Å²) in [6.07, 6.45) is 11.2. The molecule has 2 heteroatoms. The molecule has 0 unspecified atom stereocenters. The Morgan fingerprint density at radius 3 is 1.49 bits per heavy atom. The normalized spacial score (nSPS) is 12.3. The Bertz CT molecular complexity index is 3230. The van der Waals surface area contributed by atoms with Gasteiger partial charge in [-0.3, -0.25) is 0 Å². The van der Waals surface area contributed by atoms with Crippen LogP contribution in [-0.4, -0.2) is 0 Å². The number of nitrogens with zero attached hydrogens (tertiary/aromatic N) is 2. The molecule has 2 aliphatic carbocycles. The number of hydrogen-bond acceptors (Lipinski definition) is 2. The van der Waals surface area contributed by atoms with Crippen molar-refractivity contribution in [1.29, 1.82) is 0 Å². The van der Waals surface area contributed by atoms with Crippen LogP contribution in [0.15, 0.2) is 255 Å². The van der Waals surface area contributed by atoms with Gasteiger partial charge in [0.1, 0.15) is 0 Å². The minimum absolute atomic E-state index is 0.754. The molecule has 9 aromatic rings. The first-order chi connectivity index (χ1) is 32.2. The SMILES string of the molecule is C=C/C=C(\C=C/Cc1cc(-c2ccccc2)cc(-c2ccc(N(c3ccccc3)c3ccc4c(c3)-c3ccccc3C4)cc2)c1)N(c1ccccc1)c1ccc2c(c1)-c1ccccc1C2. The summed E-state index contributed by atoms with van der Waals surface area (Å²) in [5.74, 6) is 0. The third-order valence-electron chi connectivity index (χ3n) is 12.9. The van der Waals surface area contributed by atoms with Crippen LogP contribution >= 0.6 is 0 Å². The van der Waals surface area contributed by atoms with E-state index in [0.29, 0.717) is 0 Å². The maximum atomic E-state index is 4.15. The van der Waals surface area contributed by atoms with E-state index in [1.165, 1.54) is 72.3 Å². The first-order valence-electron chi connectivity index (χ1n) is 22.6. The molecule has 0 N–H and O–H groups in total. The van der Waals surface area contributed by atoms with E-state index in [2.05, 4.69) is 253 Å². The molecule has 0 fully saturated rings. The lowest BCUT2D eigenvalue weighted by Gasteiger charge is -2.27. The summed E-state index contributed by atoms with van der Waals surface area (Å²) in [4.78, 5) is 4.71. The maximum Gasteiger partial charge on any atom is 0.0467 e. The summed E-state index contributed by atoms with van der Waals surface area (Å²) in [6.45, 7) is 4.15. The second-order valence-electron chi connectivity index (χ2n) is 17.0. The van der Waals surface area contributed by atoms with Crippen molar-refractivity contribution in [2.24, 2.45) is 0 Å². The van der Waals surface area contributed by atoms with Gasteiger partial charge in [-0.2, -0.15) is 0 Å². The summed E-state index contributed by atoms with van der Waals surface area (Å²) < 4.78 is 0. The molecule has 0 bridgehead atoms. The van der Waals surface area contributed by atoms with Gasteiger partial charge in [-0.1, -0.05) is 170 Å². The Hall–Kier alpha value is -8.20. The minimum Gasteiger partial charge on any atom is -0.310 e. The summed E-state index contributed by atoms with van der Waals surface area (Å²) in [6, 6.07) is 79.6. The van der Waals surface area contributed by atoms with Crippen molar-refractivity contribution in [3.05, 3.63) is 283 Å². The summed E-state index contributed by atoms with van der Waals surface area (Å²) in [5, 5.41) is 0. The third-order valence-corrected chi connectivity index (χ3v) is 12.9. The van der Waals surface area contributed by atoms with Gasteiger partial charge in [-0.25, -0.2) is 0 Å². The standard InChI is InChI=1S/C63H48N2/c1-2-17-54(64(55-23-8-4-9-24-55)58-36-32-50-40-48-21-12-14-28-60(48)62(50)43-58)27-16-18-45-38-52(46-19-6-3-7-20-46)42-53(39-45)47-30-34-57(35-31-47)65(56-25-10-5-11-26-56)59-37-33-51-41-49-22-13-15-29-61(49)63(51)44-59/h2-17,19-39,42-44H,1,18,40-41H2/b27-16-,54-17+. The molecule has 2 nitrogen and oxygen atoms in total. The largest absolute Gasteiger partial charge is 0.310 e. The molecule has 0 saturated heterocycles. The predicted octanol–water partition coefficient (Wildman–Crippen LogP) is 16.6. The van der Waals surface area contributed by atoms with Crippen molar-refractivity contribution in [2.45, 2.75) is 19.3 Å².